The zero-order valence-corrected chi connectivity index (χ0v) is 11.7. The Balaban J connectivity index is 2.07. The van der Waals surface area contributed by atoms with Crippen molar-refractivity contribution in [1.82, 2.24) is 4.90 Å². The van der Waals surface area contributed by atoms with Crippen molar-refractivity contribution in [2.45, 2.75) is 39.0 Å². The maximum absolute atomic E-state index is 11.7. The van der Waals surface area contributed by atoms with Crippen LogP contribution in [0.5, 0.6) is 0 Å². The largest absolute Gasteiger partial charge is 0.307 e. The van der Waals surface area contributed by atoms with Gasteiger partial charge in [0.1, 0.15) is 5.78 Å². The molecule has 18 heavy (non-hydrogen) atoms. The highest BCUT2D eigenvalue weighted by atomic mass is 16.1. The molecule has 0 atom stereocenters. The number of carbonyl (C=O) groups excluding carboxylic acids is 1. The molecule has 0 unspecified atom stereocenters. The van der Waals surface area contributed by atoms with Crippen LogP contribution in [-0.2, 0) is 11.2 Å². The van der Waals surface area contributed by atoms with E-state index in [4.69, 9.17) is 0 Å². The molecule has 0 saturated heterocycles. The first-order chi connectivity index (χ1) is 8.72. The van der Waals surface area contributed by atoms with Gasteiger partial charge in [-0.2, -0.15) is 0 Å². The van der Waals surface area contributed by atoms with Crippen LogP contribution in [0, 0.1) is 0 Å². The van der Waals surface area contributed by atoms with E-state index in [-0.39, 0.29) is 0 Å². The lowest BCUT2D eigenvalue weighted by molar-refractivity contribution is -0.119. The number of hydrogen-bond donors (Lipinski definition) is 0. The minimum Gasteiger partial charge on any atom is -0.307 e. The first-order valence-electron chi connectivity index (χ1n) is 6.96. The van der Waals surface area contributed by atoms with Gasteiger partial charge in [0.2, 0.25) is 0 Å². The van der Waals surface area contributed by atoms with E-state index in [0.717, 1.165) is 38.8 Å². The number of hydrogen-bond acceptors (Lipinski definition) is 2. The van der Waals surface area contributed by atoms with Gasteiger partial charge in [-0.1, -0.05) is 37.3 Å². The molecule has 0 bridgehead atoms. The van der Waals surface area contributed by atoms with Crippen LogP contribution in [0.15, 0.2) is 30.3 Å². The molecule has 1 aromatic rings. The smallest absolute Gasteiger partial charge is 0.133 e. The number of unbranched alkanes of at least 4 members (excludes halogenated alkanes) is 1. The number of carbonyl (C=O) groups is 1. The predicted molar refractivity (Wildman–Crippen MR) is 76.8 cm³/mol. The quantitative estimate of drug-likeness (QED) is 0.624. The van der Waals surface area contributed by atoms with Crippen molar-refractivity contribution in [1.29, 1.82) is 0 Å². The second-order valence-corrected chi connectivity index (χ2v) is 4.88. The van der Waals surface area contributed by atoms with Crippen molar-refractivity contribution in [3.8, 4) is 0 Å². The summed E-state index contributed by atoms with van der Waals surface area (Å²) < 4.78 is 0. The minimum atomic E-state index is 0.401. The normalized spacial score (nSPS) is 10.8. The topological polar surface area (TPSA) is 20.3 Å². The highest BCUT2D eigenvalue weighted by Gasteiger charge is 2.03. The molecule has 1 aromatic carbocycles. The Labute approximate surface area is 111 Å². The fourth-order valence-electron chi connectivity index (χ4n) is 1.92. The van der Waals surface area contributed by atoms with Crippen molar-refractivity contribution in [3.05, 3.63) is 35.9 Å². The van der Waals surface area contributed by atoms with Crippen LogP contribution >= 0.6 is 0 Å². The minimum absolute atomic E-state index is 0.401. The molecule has 0 aliphatic heterocycles. The molecule has 0 radical (unpaired) electrons. The molecule has 0 aliphatic rings. The summed E-state index contributed by atoms with van der Waals surface area (Å²) in [6.07, 6.45) is 4.46. The second-order valence-electron chi connectivity index (χ2n) is 4.88. The SMILES string of the molecule is CCN(C)CCCCC(=O)CCc1ccccc1. The molecule has 100 valence electrons. The monoisotopic (exact) mass is 247 g/mol. The molecule has 0 spiro atoms. The van der Waals surface area contributed by atoms with E-state index in [9.17, 15) is 4.79 Å². The molecule has 0 amide bonds. The average Bonchev–Trinajstić information content (AvgIpc) is 2.42. The highest BCUT2D eigenvalue weighted by Crippen LogP contribution is 2.06. The number of ketones is 1. The standard InChI is InChI=1S/C16H25NO/c1-3-17(2)14-8-7-11-16(18)13-12-15-9-5-4-6-10-15/h4-6,9-10H,3,7-8,11-14H2,1-2H3. The maximum atomic E-state index is 11.7. The first-order valence-corrected chi connectivity index (χ1v) is 6.96. The van der Waals surface area contributed by atoms with Gasteiger partial charge >= 0.3 is 0 Å². The number of nitrogens with zero attached hydrogens (tertiary/aromatic N) is 1. The van der Waals surface area contributed by atoms with Gasteiger partial charge < -0.3 is 4.90 Å². The molecule has 1 rings (SSSR count). The van der Waals surface area contributed by atoms with Gasteiger partial charge in [-0.05, 0) is 45.0 Å². The van der Waals surface area contributed by atoms with Crippen LogP contribution in [0.2, 0.25) is 0 Å². The Morgan fingerprint density at radius 1 is 1.11 bits per heavy atom. The van der Waals surface area contributed by atoms with Crippen molar-refractivity contribution >= 4 is 5.78 Å². The lowest BCUT2D eigenvalue weighted by atomic mass is 10.0. The van der Waals surface area contributed by atoms with Crippen LogP contribution in [0.1, 0.15) is 38.2 Å². The van der Waals surface area contributed by atoms with E-state index in [1.807, 2.05) is 18.2 Å². The van der Waals surface area contributed by atoms with Crippen LogP contribution in [0.4, 0.5) is 0 Å². The van der Waals surface area contributed by atoms with E-state index in [0.29, 0.717) is 12.2 Å². The maximum Gasteiger partial charge on any atom is 0.133 e. The van der Waals surface area contributed by atoms with Crippen molar-refractivity contribution in [2.24, 2.45) is 0 Å². The molecule has 0 aliphatic carbocycles. The predicted octanol–water partition coefficient (Wildman–Crippen LogP) is 3.31. The zero-order chi connectivity index (χ0) is 13.2. The van der Waals surface area contributed by atoms with Crippen molar-refractivity contribution in [3.63, 3.8) is 0 Å². The summed E-state index contributed by atoms with van der Waals surface area (Å²) >= 11 is 0. The fraction of sp³-hybridized carbons (Fsp3) is 0.562. The Morgan fingerprint density at radius 3 is 2.50 bits per heavy atom. The molecule has 0 heterocycles. The van der Waals surface area contributed by atoms with Crippen LogP contribution in [0.3, 0.4) is 0 Å². The number of rotatable bonds is 9. The average molecular weight is 247 g/mol. The summed E-state index contributed by atoms with van der Waals surface area (Å²) in [5, 5.41) is 0. The van der Waals surface area contributed by atoms with Crippen LogP contribution < -0.4 is 0 Å². The van der Waals surface area contributed by atoms with Gasteiger partial charge in [-0.15, -0.1) is 0 Å². The molecule has 0 fully saturated rings. The van der Waals surface area contributed by atoms with E-state index < -0.39 is 0 Å². The summed E-state index contributed by atoms with van der Waals surface area (Å²) in [6, 6.07) is 10.2. The number of benzene rings is 1. The highest BCUT2D eigenvalue weighted by molar-refractivity contribution is 5.78. The molecule has 2 heteroatoms. The molecule has 0 saturated carbocycles. The third kappa shape index (κ3) is 6.55. The van der Waals surface area contributed by atoms with Gasteiger partial charge in [-0.25, -0.2) is 0 Å². The molecule has 0 N–H and O–H groups in total. The van der Waals surface area contributed by atoms with E-state index in [1.165, 1.54) is 5.56 Å². The summed E-state index contributed by atoms with van der Waals surface area (Å²) in [6.45, 7) is 4.34. The van der Waals surface area contributed by atoms with E-state index >= 15 is 0 Å². The molecular formula is C16H25NO. The lowest BCUT2D eigenvalue weighted by Crippen LogP contribution is -2.18. The molecular weight excluding hydrogens is 222 g/mol. The lowest BCUT2D eigenvalue weighted by Gasteiger charge is -2.12. The van der Waals surface area contributed by atoms with Gasteiger partial charge in [0.25, 0.3) is 0 Å². The van der Waals surface area contributed by atoms with E-state index in [2.05, 4.69) is 31.0 Å². The third-order valence-electron chi connectivity index (χ3n) is 3.32. The Hall–Kier alpha value is -1.15. The van der Waals surface area contributed by atoms with E-state index in [1.54, 1.807) is 0 Å². The number of aryl methyl sites for hydroxylation is 1. The second kappa shape index (κ2) is 8.87. The van der Waals surface area contributed by atoms with Crippen molar-refractivity contribution < 1.29 is 4.79 Å². The summed E-state index contributed by atoms with van der Waals surface area (Å²) in [5.41, 5.74) is 1.26. The van der Waals surface area contributed by atoms with Gasteiger partial charge in [0.05, 0.1) is 0 Å². The Bertz CT molecular complexity index is 334. The third-order valence-corrected chi connectivity index (χ3v) is 3.32. The summed E-state index contributed by atoms with van der Waals surface area (Å²) in [7, 11) is 2.12. The fourth-order valence-corrected chi connectivity index (χ4v) is 1.92. The van der Waals surface area contributed by atoms with Crippen LogP contribution in [-0.4, -0.2) is 30.8 Å². The number of Topliss-reactive ketones (excluding diaryl/α,β-unsaturated/α-hetero) is 1. The zero-order valence-electron chi connectivity index (χ0n) is 11.7. The summed E-state index contributed by atoms with van der Waals surface area (Å²) in [5.74, 6) is 0.401. The molecule has 0 aromatic heterocycles. The first kappa shape index (κ1) is 14.9. The Morgan fingerprint density at radius 2 is 1.83 bits per heavy atom. The summed E-state index contributed by atoms with van der Waals surface area (Å²) in [4.78, 5) is 14.0. The molecule has 2 nitrogen and oxygen atoms in total. The van der Waals surface area contributed by atoms with Crippen LogP contribution in [0.25, 0.3) is 0 Å². The Kier molecular flexibility index (Phi) is 7.35. The van der Waals surface area contributed by atoms with Gasteiger partial charge in [0, 0.05) is 12.8 Å². The van der Waals surface area contributed by atoms with Gasteiger partial charge in [0.15, 0.2) is 0 Å². The van der Waals surface area contributed by atoms with Gasteiger partial charge in [-0.3, -0.25) is 4.79 Å². The van der Waals surface area contributed by atoms with Crippen molar-refractivity contribution in [2.75, 3.05) is 20.1 Å².